The Labute approximate surface area is 99.0 Å². The molecule has 0 rings (SSSR count). The molecule has 0 aromatic rings. The number of hydrogen-bond acceptors (Lipinski definition) is 6. The lowest BCUT2D eigenvalue weighted by molar-refractivity contribution is -0.307. The predicted molar refractivity (Wildman–Crippen MR) is 57.7 cm³/mol. The first-order valence-corrected chi connectivity index (χ1v) is 5.02. The van der Waals surface area contributed by atoms with Gasteiger partial charge in [-0.3, -0.25) is 4.79 Å². The number of rotatable bonds is 7. The maximum atomic E-state index is 11.0. The highest BCUT2D eigenvalue weighted by molar-refractivity contribution is 5.90. The summed E-state index contributed by atoms with van der Waals surface area (Å²) in [7, 11) is 0. The lowest BCUT2D eigenvalue weighted by Gasteiger charge is -2.19. The highest BCUT2D eigenvalue weighted by Gasteiger charge is 2.25. The molecule has 0 saturated carbocycles. The first-order valence-electron chi connectivity index (χ1n) is 5.02. The van der Waals surface area contributed by atoms with Crippen LogP contribution in [-0.2, 0) is 14.3 Å². The smallest absolute Gasteiger partial charge is 0.411 e. The summed E-state index contributed by atoms with van der Waals surface area (Å²) in [5.41, 5.74) is 0. The van der Waals surface area contributed by atoms with Crippen LogP contribution in [0.4, 0.5) is 4.79 Å². The van der Waals surface area contributed by atoms with Crippen molar-refractivity contribution in [1.29, 1.82) is 0 Å². The van der Waals surface area contributed by atoms with Gasteiger partial charge in [-0.25, -0.2) is 4.79 Å². The Morgan fingerprint density at radius 3 is 2.47 bits per heavy atom. The zero-order valence-electron chi connectivity index (χ0n) is 9.86. The summed E-state index contributed by atoms with van der Waals surface area (Å²) >= 11 is 0. The average Bonchev–Trinajstić information content (AvgIpc) is 2.23. The number of Topliss-reactive ketones (excluding diaryl/α,β-unsaturated/α-hetero) is 1. The van der Waals surface area contributed by atoms with Crippen LogP contribution in [0.15, 0.2) is 12.3 Å². The molecule has 0 spiro atoms. The molecule has 0 heterocycles. The molecule has 1 amide bonds. The van der Waals surface area contributed by atoms with Gasteiger partial charge in [0, 0.05) is 13.3 Å². The third kappa shape index (κ3) is 7.31. The minimum absolute atomic E-state index is 0.00705. The van der Waals surface area contributed by atoms with Crippen molar-refractivity contribution < 1.29 is 29.3 Å². The van der Waals surface area contributed by atoms with Gasteiger partial charge in [0.2, 0.25) is 0 Å². The average molecular weight is 247 g/mol. The van der Waals surface area contributed by atoms with E-state index in [4.69, 9.17) is 14.9 Å². The van der Waals surface area contributed by atoms with E-state index in [1.54, 1.807) is 0 Å². The number of nitrogens with one attached hydrogen (secondary N) is 1. The molecule has 0 bridgehead atoms. The van der Waals surface area contributed by atoms with Gasteiger partial charge in [0.25, 0.3) is 0 Å². The Morgan fingerprint density at radius 2 is 2.00 bits per heavy atom. The monoisotopic (exact) mass is 247 g/mol. The van der Waals surface area contributed by atoms with E-state index in [0.29, 0.717) is 0 Å². The largest absolute Gasteiger partial charge is 0.489 e. The SMILES string of the molecule is C=C(OCCNC(=O)OC(O)(O)CC)C(C)=O. The summed E-state index contributed by atoms with van der Waals surface area (Å²) in [6.07, 6.45) is -1.15. The van der Waals surface area contributed by atoms with Gasteiger partial charge >= 0.3 is 12.1 Å². The molecule has 17 heavy (non-hydrogen) atoms. The summed E-state index contributed by atoms with van der Waals surface area (Å²) in [4.78, 5) is 21.7. The summed E-state index contributed by atoms with van der Waals surface area (Å²) in [6.45, 7) is 6.17. The molecule has 0 aliphatic rings. The highest BCUT2D eigenvalue weighted by Crippen LogP contribution is 2.06. The molecule has 0 aliphatic carbocycles. The van der Waals surface area contributed by atoms with E-state index < -0.39 is 12.1 Å². The maximum absolute atomic E-state index is 11.0. The number of alkyl carbamates (subject to hydrolysis) is 1. The van der Waals surface area contributed by atoms with Crippen LogP contribution >= 0.6 is 0 Å². The summed E-state index contributed by atoms with van der Waals surface area (Å²) in [5, 5.41) is 20.2. The van der Waals surface area contributed by atoms with E-state index >= 15 is 0 Å². The van der Waals surface area contributed by atoms with Crippen molar-refractivity contribution in [3.8, 4) is 0 Å². The maximum Gasteiger partial charge on any atom is 0.411 e. The molecule has 0 aromatic heterocycles. The standard InChI is InChI=1S/C10H17NO6/c1-4-10(14,15)17-9(13)11-5-6-16-8(3)7(2)12/h14-15H,3-6H2,1-2H3,(H,11,13). The van der Waals surface area contributed by atoms with Crippen LogP contribution in [0, 0.1) is 0 Å². The molecular weight excluding hydrogens is 230 g/mol. The van der Waals surface area contributed by atoms with E-state index in [1.807, 2.05) is 0 Å². The number of ketones is 1. The van der Waals surface area contributed by atoms with Crippen molar-refractivity contribution in [2.24, 2.45) is 0 Å². The Morgan fingerprint density at radius 1 is 1.41 bits per heavy atom. The second kappa shape index (κ2) is 6.87. The molecule has 3 N–H and O–H groups in total. The molecule has 0 radical (unpaired) electrons. The lowest BCUT2D eigenvalue weighted by atomic mass is 10.4. The Bertz CT molecular complexity index is 299. The third-order valence-electron chi connectivity index (χ3n) is 1.76. The van der Waals surface area contributed by atoms with Crippen LogP contribution in [0.3, 0.4) is 0 Å². The molecule has 0 atom stereocenters. The number of amides is 1. The molecule has 0 fully saturated rings. The summed E-state index contributed by atoms with van der Waals surface area (Å²) in [6, 6.07) is 0. The molecule has 0 aromatic carbocycles. The number of ether oxygens (including phenoxy) is 2. The summed E-state index contributed by atoms with van der Waals surface area (Å²) in [5.74, 6) is -2.79. The molecule has 0 aliphatic heterocycles. The van der Waals surface area contributed by atoms with E-state index in [0.717, 1.165) is 0 Å². The van der Waals surface area contributed by atoms with E-state index in [1.165, 1.54) is 13.8 Å². The first kappa shape index (κ1) is 15.4. The van der Waals surface area contributed by atoms with E-state index in [2.05, 4.69) is 16.6 Å². The highest BCUT2D eigenvalue weighted by atomic mass is 16.8. The van der Waals surface area contributed by atoms with Gasteiger partial charge < -0.3 is 25.0 Å². The van der Waals surface area contributed by atoms with Crippen molar-refractivity contribution in [3.63, 3.8) is 0 Å². The van der Waals surface area contributed by atoms with Crippen LogP contribution in [0.2, 0.25) is 0 Å². The van der Waals surface area contributed by atoms with E-state index in [9.17, 15) is 9.59 Å². The first-order chi connectivity index (χ1) is 7.78. The number of carbonyl (C=O) groups excluding carboxylic acids is 2. The zero-order chi connectivity index (χ0) is 13.5. The predicted octanol–water partition coefficient (Wildman–Crippen LogP) is -0.120. The van der Waals surface area contributed by atoms with Crippen molar-refractivity contribution in [2.45, 2.75) is 26.2 Å². The normalized spacial score (nSPS) is 10.6. The van der Waals surface area contributed by atoms with Gasteiger partial charge in [0.15, 0.2) is 11.5 Å². The third-order valence-corrected chi connectivity index (χ3v) is 1.76. The fourth-order valence-corrected chi connectivity index (χ4v) is 0.686. The van der Waals surface area contributed by atoms with Crippen molar-refractivity contribution >= 4 is 11.9 Å². The van der Waals surface area contributed by atoms with Crippen LogP contribution in [0.1, 0.15) is 20.3 Å². The second-order valence-corrected chi connectivity index (χ2v) is 3.24. The van der Waals surface area contributed by atoms with Crippen LogP contribution in [0.5, 0.6) is 0 Å². The van der Waals surface area contributed by atoms with Gasteiger partial charge in [0.05, 0.1) is 6.54 Å². The fourth-order valence-electron chi connectivity index (χ4n) is 0.686. The summed E-state index contributed by atoms with van der Waals surface area (Å²) < 4.78 is 9.13. The number of carbonyl (C=O) groups is 2. The van der Waals surface area contributed by atoms with E-state index in [-0.39, 0.29) is 31.1 Å². The number of aliphatic hydroxyl groups is 2. The minimum Gasteiger partial charge on any atom is -0.489 e. The van der Waals surface area contributed by atoms with Gasteiger partial charge in [0.1, 0.15) is 6.61 Å². The Hall–Kier alpha value is -1.60. The molecule has 7 nitrogen and oxygen atoms in total. The van der Waals surface area contributed by atoms with Gasteiger partial charge in [-0.05, 0) is 0 Å². The molecule has 98 valence electrons. The number of hydrogen-bond donors (Lipinski definition) is 3. The van der Waals surface area contributed by atoms with Crippen LogP contribution < -0.4 is 5.32 Å². The van der Waals surface area contributed by atoms with Gasteiger partial charge in [-0.2, -0.15) is 0 Å². The molecule has 0 unspecified atom stereocenters. The Kier molecular flexibility index (Phi) is 6.22. The second-order valence-electron chi connectivity index (χ2n) is 3.24. The van der Waals surface area contributed by atoms with Gasteiger partial charge in [-0.15, -0.1) is 0 Å². The quantitative estimate of drug-likeness (QED) is 0.251. The zero-order valence-corrected chi connectivity index (χ0v) is 9.86. The van der Waals surface area contributed by atoms with Crippen molar-refractivity contribution in [3.05, 3.63) is 12.3 Å². The van der Waals surface area contributed by atoms with Crippen LogP contribution in [0.25, 0.3) is 0 Å². The van der Waals surface area contributed by atoms with Crippen molar-refractivity contribution in [2.75, 3.05) is 13.2 Å². The topological polar surface area (TPSA) is 105 Å². The molecule has 0 saturated heterocycles. The Balaban J connectivity index is 3.73. The minimum atomic E-state index is -2.48. The van der Waals surface area contributed by atoms with Gasteiger partial charge in [-0.1, -0.05) is 13.5 Å². The number of allylic oxidation sites excluding steroid dienone is 1. The van der Waals surface area contributed by atoms with Crippen molar-refractivity contribution in [1.82, 2.24) is 5.32 Å². The molecule has 7 heteroatoms. The fraction of sp³-hybridized carbons (Fsp3) is 0.600. The lowest BCUT2D eigenvalue weighted by Crippen LogP contribution is -2.39. The van der Waals surface area contributed by atoms with Crippen LogP contribution in [-0.4, -0.2) is 41.2 Å². The molecular formula is C10H17NO6.